The Kier molecular flexibility index (Phi) is 8.49. The molecule has 0 bridgehead atoms. The zero-order valence-corrected chi connectivity index (χ0v) is 21.4. The summed E-state index contributed by atoms with van der Waals surface area (Å²) in [5.74, 6) is 0.679. The molecular formula is C27H35N5O2S. The predicted molar refractivity (Wildman–Crippen MR) is 142 cm³/mol. The van der Waals surface area contributed by atoms with Crippen LogP contribution in [0.25, 0.3) is 11.3 Å². The number of aromatic nitrogens is 2. The van der Waals surface area contributed by atoms with Gasteiger partial charge in [-0.2, -0.15) is 0 Å². The average Bonchev–Trinajstić information content (AvgIpc) is 3.36. The molecule has 0 unspecified atom stereocenters. The number of sulfonamides is 1. The van der Waals surface area contributed by atoms with Gasteiger partial charge in [-0.15, -0.1) is 0 Å². The Labute approximate surface area is 209 Å². The van der Waals surface area contributed by atoms with Gasteiger partial charge in [0.05, 0.1) is 11.4 Å². The molecular weight excluding hydrogens is 458 g/mol. The summed E-state index contributed by atoms with van der Waals surface area (Å²) in [6.45, 7) is 7.30. The second-order valence-corrected chi connectivity index (χ2v) is 10.9. The van der Waals surface area contributed by atoms with Gasteiger partial charge in [-0.3, -0.25) is 4.90 Å². The Hall–Kier alpha value is -2.81. The van der Waals surface area contributed by atoms with Crippen LogP contribution in [-0.4, -0.2) is 42.4 Å². The van der Waals surface area contributed by atoms with E-state index >= 15 is 0 Å². The third-order valence-corrected chi connectivity index (χ3v) is 7.88. The van der Waals surface area contributed by atoms with Gasteiger partial charge in [-0.1, -0.05) is 57.0 Å². The third kappa shape index (κ3) is 7.34. The van der Waals surface area contributed by atoms with Gasteiger partial charge in [0.1, 0.15) is 12.1 Å². The fourth-order valence-electron chi connectivity index (χ4n) is 4.51. The molecule has 4 rings (SSSR count). The zero-order valence-electron chi connectivity index (χ0n) is 20.6. The van der Waals surface area contributed by atoms with Crippen LogP contribution < -0.4 is 10.0 Å². The van der Waals surface area contributed by atoms with Gasteiger partial charge in [0, 0.05) is 29.9 Å². The van der Waals surface area contributed by atoms with Gasteiger partial charge in [0.2, 0.25) is 10.0 Å². The summed E-state index contributed by atoms with van der Waals surface area (Å²) < 4.78 is 27.8. The summed E-state index contributed by atoms with van der Waals surface area (Å²) in [5.41, 5.74) is 4.76. The number of benzene rings is 2. The molecule has 1 aromatic heterocycles. The van der Waals surface area contributed by atoms with E-state index in [2.05, 4.69) is 63.0 Å². The molecule has 0 radical (unpaired) electrons. The van der Waals surface area contributed by atoms with Crippen molar-refractivity contribution in [1.29, 1.82) is 0 Å². The van der Waals surface area contributed by atoms with E-state index < -0.39 is 10.0 Å². The monoisotopic (exact) mass is 493 g/mol. The number of nitrogens with one attached hydrogen (secondary N) is 2. The molecule has 1 saturated carbocycles. The fourth-order valence-corrected chi connectivity index (χ4v) is 5.97. The largest absolute Gasteiger partial charge is 0.340 e. The van der Waals surface area contributed by atoms with Crippen molar-refractivity contribution in [3.8, 4) is 11.3 Å². The second-order valence-electron chi connectivity index (χ2n) is 9.13. The van der Waals surface area contributed by atoms with E-state index in [1.54, 1.807) is 6.33 Å². The van der Waals surface area contributed by atoms with E-state index in [0.717, 1.165) is 67.8 Å². The standard InChI is InChI=1S/C27H35N5O2S/c1-3-32(4-2)18-22-8-7-9-23(16-22)26-17-27(29-20-28-26)30-24-14-12-21(13-15-24)19-35(33,34)31-25-10-5-6-11-25/h7-9,12-17,20,25,31H,3-6,10-11,18-19H2,1-2H3,(H,28,29,30). The van der Waals surface area contributed by atoms with Crippen molar-refractivity contribution in [2.45, 2.75) is 57.9 Å². The van der Waals surface area contributed by atoms with Gasteiger partial charge in [0.25, 0.3) is 0 Å². The molecule has 1 heterocycles. The van der Waals surface area contributed by atoms with Gasteiger partial charge in [0.15, 0.2) is 0 Å². The van der Waals surface area contributed by atoms with Crippen LogP contribution in [0.4, 0.5) is 11.5 Å². The lowest BCUT2D eigenvalue weighted by molar-refractivity contribution is 0.296. The van der Waals surface area contributed by atoms with Crippen molar-refractivity contribution >= 4 is 21.5 Å². The predicted octanol–water partition coefficient (Wildman–Crippen LogP) is 5.09. The second kappa shape index (κ2) is 11.7. The maximum atomic E-state index is 12.5. The average molecular weight is 494 g/mol. The number of nitrogens with zero attached hydrogens (tertiary/aromatic N) is 3. The van der Waals surface area contributed by atoms with Gasteiger partial charge >= 0.3 is 0 Å². The maximum absolute atomic E-state index is 12.5. The highest BCUT2D eigenvalue weighted by Crippen LogP contribution is 2.23. The summed E-state index contributed by atoms with van der Waals surface area (Å²) in [7, 11) is -3.33. The molecule has 1 aliphatic rings. The van der Waals surface area contributed by atoms with Gasteiger partial charge in [-0.05, 0) is 55.3 Å². The van der Waals surface area contributed by atoms with E-state index in [1.165, 1.54) is 5.56 Å². The van der Waals surface area contributed by atoms with Crippen LogP contribution in [-0.2, 0) is 22.3 Å². The lowest BCUT2D eigenvalue weighted by Gasteiger charge is -2.18. The summed E-state index contributed by atoms with van der Waals surface area (Å²) in [4.78, 5) is 11.2. The summed E-state index contributed by atoms with van der Waals surface area (Å²) in [6, 6.07) is 17.9. The maximum Gasteiger partial charge on any atom is 0.216 e. The molecule has 0 aliphatic heterocycles. The number of hydrogen-bond donors (Lipinski definition) is 2. The van der Waals surface area contributed by atoms with E-state index in [0.29, 0.717) is 5.82 Å². The Morgan fingerprint density at radius 1 is 0.943 bits per heavy atom. The molecule has 7 nitrogen and oxygen atoms in total. The number of hydrogen-bond acceptors (Lipinski definition) is 6. The highest BCUT2D eigenvalue weighted by atomic mass is 32.2. The van der Waals surface area contributed by atoms with E-state index in [9.17, 15) is 8.42 Å². The lowest BCUT2D eigenvalue weighted by Crippen LogP contribution is -2.33. The first-order valence-electron chi connectivity index (χ1n) is 12.4. The van der Waals surface area contributed by atoms with Crippen molar-refractivity contribution in [2.24, 2.45) is 0 Å². The van der Waals surface area contributed by atoms with E-state index in [1.807, 2.05) is 30.3 Å². The van der Waals surface area contributed by atoms with Crippen molar-refractivity contribution in [3.63, 3.8) is 0 Å². The third-order valence-electron chi connectivity index (χ3n) is 6.47. The first kappa shape index (κ1) is 25.3. The van der Waals surface area contributed by atoms with Crippen LogP contribution in [0.1, 0.15) is 50.7 Å². The molecule has 0 spiro atoms. The molecule has 1 aliphatic carbocycles. The molecule has 2 N–H and O–H groups in total. The van der Waals surface area contributed by atoms with Crippen LogP contribution >= 0.6 is 0 Å². The first-order chi connectivity index (χ1) is 16.9. The highest BCUT2D eigenvalue weighted by molar-refractivity contribution is 7.88. The van der Waals surface area contributed by atoms with Crippen LogP contribution in [0, 0.1) is 0 Å². The van der Waals surface area contributed by atoms with E-state index in [-0.39, 0.29) is 11.8 Å². The fraction of sp³-hybridized carbons (Fsp3) is 0.407. The Balaban J connectivity index is 1.41. The topological polar surface area (TPSA) is 87.2 Å². The number of rotatable bonds is 11. The Morgan fingerprint density at radius 2 is 1.69 bits per heavy atom. The summed E-state index contributed by atoms with van der Waals surface area (Å²) >= 11 is 0. The molecule has 0 atom stereocenters. The minimum Gasteiger partial charge on any atom is -0.340 e. The Morgan fingerprint density at radius 3 is 2.40 bits per heavy atom. The van der Waals surface area contributed by atoms with Crippen LogP contribution in [0.5, 0.6) is 0 Å². The summed E-state index contributed by atoms with van der Waals surface area (Å²) in [5, 5.41) is 3.30. The molecule has 1 fully saturated rings. The quantitative estimate of drug-likeness (QED) is 0.387. The Bertz CT molecular complexity index is 1200. The van der Waals surface area contributed by atoms with Crippen molar-refractivity contribution in [2.75, 3.05) is 18.4 Å². The van der Waals surface area contributed by atoms with Crippen molar-refractivity contribution < 1.29 is 8.42 Å². The molecule has 0 saturated heterocycles. The molecule has 3 aromatic rings. The van der Waals surface area contributed by atoms with Crippen LogP contribution in [0.15, 0.2) is 60.9 Å². The van der Waals surface area contributed by atoms with Crippen molar-refractivity contribution in [1.82, 2.24) is 19.6 Å². The first-order valence-corrected chi connectivity index (χ1v) is 14.1. The lowest BCUT2D eigenvalue weighted by atomic mass is 10.1. The molecule has 2 aromatic carbocycles. The summed E-state index contributed by atoms with van der Waals surface area (Å²) in [6.07, 6.45) is 5.62. The highest BCUT2D eigenvalue weighted by Gasteiger charge is 2.21. The van der Waals surface area contributed by atoms with Crippen molar-refractivity contribution in [3.05, 3.63) is 72.1 Å². The zero-order chi connectivity index (χ0) is 24.7. The minimum atomic E-state index is -3.33. The minimum absolute atomic E-state index is 0.00866. The molecule has 35 heavy (non-hydrogen) atoms. The van der Waals surface area contributed by atoms with Gasteiger partial charge in [-0.25, -0.2) is 23.1 Å². The normalized spacial score (nSPS) is 14.5. The smallest absolute Gasteiger partial charge is 0.216 e. The number of anilines is 2. The van der Waals surface area contributed by atoms with Crippen LogP contribution in [0.2, 0.25) is 0 Å². The van der Waals surface area contributed by atoms with Crippen LogP contribution in [0.3, 0.4) is 0 Å². The van der Waals surface area contributed by atoms with Gasteiger partial charge < -0.3 is 5.32 Å². The van der Waals surface area contributed by atoms with E-state index in [4.69, 9.17) is 0 Å². The SMILES string of the molecule is CCN(CC)Cc1cccc(-c2cc(Nc3ccc(CS(=O)(=O)NC4CCCC4)cc3)ncn2)c1. The molecule has 0 amide bonds. The molecule has 186 valence electrons. The molecule has 8 heteroatoms.